The molecule has 6 rings (SSSR count). The number of halogens is 2. The number of nitrogens with one attached hydrogen (secondary N) is 1. The molecule has 11 nitrogen and oxygen atoms in total. The summed E-state index contributed by atoms with van der Waals surface area (Å²) in [5.74, 6) is -2.35. The van der Waals surface area contributed by atoms with E-state index in [-0.39, 0.29) is 47.7 Å². The topological polar surface area (TPSA) is 112 Å². The molecule has 3 heterocycles. The number of ketones is 1. The number of amides is 1. The van der Waals surface area contributed by atoms with Gasteiger partial charge in [0.15, 0.2) is 5.78 Å². The van der Waals surface area contributed by atoms with Crippen LogP contribution in [0.2, 0.25) is 10.0 Å². The Bertz CT molecular complexity index is 1770. The highest BCUT2D eigenvalue weighted by Crippen LogP contribution is 2.44. The molecule has 2 aromatic carbocycles. The van der Waals surface area contributed by atoms with Gasteiger partial charge in [-0.2, -0.15) is 0 Å². The molecule has 3 aromatic rings. The minimum atomic E-state index is -1.49. The molecule has 1 N–H and O–H groups in total. The van der Waals surface area contributed by atoms with E-state index in [1.807, 2.05) is 42.8 Å². The van der Waals surface area contributed by atoms with Crippen molar-refractivity contribution in [1.82, 2.24) is 14.4 Å². The summed E-state index contributed by atoms with van der Waals surface area (Å²) in [6, 6.07) is 10.9. The molecule has 0 bridgehead atoms. The number of rotatable bonds is 14. The number of anilines is 1. The molecule has 1 saturated carbocycles. The van der Waals surface area contributed by atoms with E-state index in [2.05, 4.69) is 15.1 Å². The number of ether oxygens (including phenoxy) is 4. The van der Waals surface area contributed by atoms with Crippen LogP contribution in [0.3, 0.4) is 0 Å². The van der Waals surface area contributed by atoms with Gasteiger partial charge in [0.2, 0.25) is 5.85 Å². The Morgan fingerprint density at radius 3 is 2.40 bits per heavy atom. The smallest absolute Gasteiger partial charge is 0.308 e. The molecule has 282 valence electrons. The summed E-state index contributed by atoms with van der Waals surface area (Å²) in [7, 11) is 5.18. The molecule has 3 aliphatic rings. The van der Waals surface area contributed by atoms with Gasteiger partial charge < -0.3 is 28.8 Å². The van der Waals surface area contributed by atoms with E-state index >= 15 is 4.79 Å². The monoisotopic (exact) mass is 756 g/mol. The molecule has 2 atom stereocenters. The van der Waals surface area contributed by atoms with E-state index < -0.39 is 11.6 Å². The Morgan fingerprint density at radius 1 is 0.981 bits per heavy atom. The first-order valence-corrected chi connectivity index (χ1v) is 19.1. The van der Waals surface area contributed by atoms with E-state index in [9.17, 15) is 9.59 Å². The van der Waals surface area contributed by atoms with Gasteiger partial charge in [0.05, 0.1) is 41.5 Å². The number of hydrogen-bond donors (Lipinski definition) is 1. The van der Waals surface area contributed by atoms with Crippen LogP contribution in [-0.4, -0.2) is 96.8 Å². The van der Waals surface area contributed by atoms with E-state index in [4.69, 9.17) is 42.1 Å². The predicted molar refractivity (Wildman–Crippen MR) is 201 cm³/mol. The highest BCUT2D eigenvalue weighted by molar-refractivity contribution is 6.36. The molecule has 2 aliphatic heterocycles. The number of nitrogens with zero attached hydrogens (tertiary/aromatic N) is 3. The second-order valence-electron chi connectivity index (χ2n) is 14.1. The maximum Gasteiger partial charge on any atom is 0.308 e. The molecule has 13 heteroatoms. The van der Waals surface area contributed by atoms with E-state index in [0.29, 0.717) is 80.2 Å². The first-order chi connectivity index (χ1) is 25.1. The zero-order valence-corrected chi connectivity index (χ0v) is 32.1. The lowest BCUT2D eigenvalue weighted by atomic mass is 9.87. The third-order valence-electron chi connectivity index (χ3n) is 11.0. The number of aryl methyl sites for hydroxylation is 1. The maximum atomic E-state index is 15.2. The number of fused-ring (bicyclic) bond motifs is 1. The van der Waals surface area contributed by atoms with Gasteiger partial charge in [0.1, 0.15) is 5.72 Å². The largest absolute Gasteiger partial charge is 0.466 e. The zero-order chi connectivity index (χ0) is 37.0. The Balaban J connectivity index is 1.31. The number of aromatic nitrogens is 1. The number of para-hydroxylation sites is 1. The zero-order valence-electron chi connectivity index (χ0n) is 30.6. The van der Waals surface area contributed by atoms with Gasteiger partial charge in [-0.1, -0.05) is 41.4 Å². The van der Waals surface area contributed by atoms with Crippen LogP contribution in [0.1, 0.15) is 74.2 Å². The van der Waals surface area contributed by atoms with Gasteiger partial charge >= 0.3 is 5.97 Å². The first kappa shape index (κ1) is 38.7. The van der Waals surface area contributed by atoms with Crippen molar-refractivity contribution < 1.29 is 33.3 Å². The van der Waals surface area contributed by atoms with Crippen LogP contribution in [0.25, 0.3) is 10.9 Å². The fourth-order valence-corrected chi connectivity index (χ4v) is 8.84. The molecule has 1 aromatic heterocycles. The molecule has 1 amide bonds. The van der Waals surface area contributed by atoms with Crippen LogP contribution in [0, 0.1) is 5.92 Å². The fourth-order valence-electron chi connectivity index (χ4n) is 8.38. The van der Waals surface area contributed by atoms with Crippen molar-refractivity contribution in [2.75, 3.05) is 52.4 Å². The normalized spacial score (nSPS) is 23.9. The molecule has 0 radical (unpaired) electrons. The molecule has 52 heavy (non-hydrogen) atoms. The first-order valence-electron chi connectivity index (χ1n) is 18.3. The van der Waals surface area contributed by atoms with Crippen LogP contribution >= 0.6 is 23.2 Å². The highest BCUT2D eigenvalue weighted by Gasteiger charge is 2.60. The molecule has 1 aliphatic carbocycles. The predicted octanol–water partition coefficient (Wildman–Crippen LogP) is 6.82. The SMILES string of the molecule is CCOC(=O)C1CCC(OC(C(=O)Cc2cc(Cl)c(NC(=O)c3cn(C)c4ccccc34)cc2Cl)(N2CCCC2)N2CCC[C@@]2(COC)OC)CC1. The van der Waals surface area contributed by atoms with Gasteiger partial charge in [-0.05, 0) is 82.1 Å². The lowest BCUT2D eigenvalue weighted by Crippen LogP contribution is -2.73. The van der Waals surface area contributed by atoms with Crippen molar-refractivity contribution in [1.29, 1.82) is 0 Å². The van der Waals surface area contributed by atoms with Crippen LogP contribution in [-0.2, 0) is 42.0 Å². The number of likely N-dealkylation sites (tertiary alicyclic amines) is 2. The maximum absolute atomic E-state index is 15.2. The average Bonchev–Trinajstić information content (AvgIpc) is 3.91. The lowest BCUT2D eigenvalue weighted by Gasteiger charge is -2.53. The molecule has 1 unspecified atom stereocenters. The average molecular weight is 758 g/mol. The van der Waals surface area contributed by atoms with Gasteiger partial charge in [0, 0.05) is 69.4 Å². The lowest BCUT2D eigenvalue weighted by molar-refractivity contribution is -0.307. The van der Waals surface area contributed by atoms with Crippen molar-refractivity contribution in [2.45, 2.75) is 82.4 Å². The fraction of sp³-hybridized carbons (Fsp3) is 0.564. The van der Waals surface area contributed by atoms with Crippen molar-refractivity contribution in [3.63, 3.8) is 0 Å². The molecule has 0 spiro atoms. The number of hydrogen-bond acceptors (Lipinski definition) is 9. The van der Waals surface area contributed by atoms with E-state index in [1.165, 1.54) is 0 Å². The van der Waals surface area contributed by atoms with Crippen molar-refractivity contribution >= 4 is 57.5 Å². The summed E-state index contributed by atoms with van der Waals surface area (Å²) in [6.45, 7) is 4.31. The van der Waals surface area contributed by atoms with Crippen LogP contribution < -0.4 is 5.32 Å². The summed E-state index contributed by atoms with van der Waals surface area (Å²) in [6.07, 6.45) is 7.19. The van der Waals surface area contributed by atoms with Crippen LogP contribution in [0.15, 0.2) is 42.6 Å². The van der Waals surface area contributed by atoms with Gasteiger partial charge in [0.25, 0.3) is 5.91 Å². The second kappa shape index (κ2) is 16.5. The Kier molecular flexibility index (Phi) is 12.3. The van der Waals surface area contributed by atoms with E-state index in [0.717, 1.165) is 30.2 Å². The number of methoxy groups -OCH3 is 2. The summed E-state index contributed by atoms with van der Waals surface area (Å²) in [5.41, 5.74) is 1.41. The number of carbonyl (C=O) groups excluding carboxylic acids is 3. The van der Waals surface area contributed by atoms with Gasteiger partial charge in [-0.25, -0.2) is 4.90 Å². The van der Waals surface area contributed by atoms with Gasteiger partial charge in [-0.15, -0.1) is 0 Å². The Labute approximate surface area is 315 Å². The molecular formula is C39H50Cl2N4O7. The van der Waals surface area contributed by atoms with Crippen LogP contribution in [0.5, 0.6) is 0 Å². The minimum Gasteiger partial charge on any atom is -0.466 e. The second-order valence-corrected chi connectivity index (χ2v) is 14.9. The van der Waals surface area contributed by atoms with E-state index in [1.54, 1.807) is 32.5 Å². The summed E-state index contributed by atoms with van der Waals surface area (Å²) in [5, 5.41) is 4.30. The Morgan fingerprint density at radius 2 is 1.71 bits per heavy atom. The minimum absolute atomic E-state index is 0.0753. The van der Waals surface area contributed by atoms with Crippen molar-refractivity contribution in [2.24, 2.45) is 13.0 Å². The summed E-state index contributed by atoms with van der Waals surface area (Å²) < 4.78 is 26.4. The molecular weight excluding hydrogens is 707 g/mol. The van der Waals surface area contributed by atoms with Crippen LogP contribution in [0.4, 0.5) is 5.69 Å². The number of Topliss-reactive ketones (excluding diaryl/α,β-unsaturated/α-hetero) is 1. The molecule has 2 saturated heterocycles. The molecule has 3 fully saturated rings. The number of carbonyl (C=O) groups is 3. The summed E-state index contributed by atoms with van der Waals surface area (Å²) in [4.78, 5) is 45.5. The van der Waals surface area contributed by atoms with Crippen molar-refractivity contribution in [3.8, 4) is 0 Å². The number of esters is 1. The van der Waals surface area contributed by atoms with Crippen molar-refractivity contribution in [3.05, 3.63) is 63.8 Å². The van der Waals surface area contributed by atoms with Gasteiger partial charge in [-0.3, -0.25) is 19.3 Å². The summed E-state index contributed by atoms with van der Waals surface area (Å²) >= 11 is 13.7. The third kappa shape index (κ3) is 7.51. The third-order valence-corrected chi connectivity index (χ3v) is 11.6. The highest BCUT2D eigenvalue weighted by atomic mass is 35.5. The quantitative estimate of drug-likeness (QED) is 0.177. The number of benzene rings is 2. The standard InChI is InChI=1S/C39H50Cl2N4O7/c1-5-51-37(48)26-13-15-28(16-14-26)52-39(44-18-8-9-19-44,45-20-10-17-38(45,50-4)25-49-3)35(46)22-27-21-32(41)33(23-31(27)40)42-36(47)30-24-43(2)34-12-7-6-11-29(30)34/h6-7,11-12,21,23-24,26,28H,5,8-10,13-20,22,25H2,1-4H3,(H,42,47)/t26?,28?,38-,39?/m0/s1. The Hall–Kier alpha value is -3.03.